The van der Waals surface area contributed by atoms with E-state index in [-0.39, 0.29) is 37.3 Å². The molecule has 7 heteroatoms. The lowest BCUT2D eigenvalue weighted by atomic mass is 10.1. The highest BCUT2D eigenvalue weighted by Gasteiger charge is 2.34. The molecule has 0 aromatic heterocycles. The lowest BCUT2D eigenvalue weighted by molar-refractivity contribution is -0.146. The Labute approximate surface area is 155 Å². The summed E-state index contributed by atoms with van der Waals surface area (Å²) in [5, 5.41) is 0. The number of hydrogen-bond donors (Lipinski definition) is 0. The first kappa shape index (κ1) is 18.6. The normalized spacial score (nSPS) is 12.9. The molecule has 140 valence electrons. The molecule has 2 aromatic rings. The minimum atomic E-state index is -0.612. The van der Waals surface area contributed by atoms with Crippen molar-refractivity contribution in [3.8, 4) is 5.75 Å². The molecule has 0 spiro atoms. The van der Waals surface area contributed by atoms with Crippen LogP contribution in [-0.2, 0) is 9.53 Å². The van der Waals surface area contributed by atoms with Crippen LogP contribution in [0.4, 0.5) is 4.39 Å². The van der Waals surface area contributed by atoms with Gasteiger partial charge in [-0.15, -0.1) is 0 Å². The van der Waals surface area contributed by atoms with Crippen LogP contribution in [0.25, 0.3) is 0 Å². The minimum absolute atomic E-state index is 0.0138. The van der Waals surface area contributed by atoms with E-state index in [1.54, 1.807) is 30.3 Å². The van der Waals surface area contributed by atoms with Crippen LogP contribution in [0.2, 0.25) is 0 Å². The molecule has 3 rings (SSSR count). The summed E-state index contributed by atoms with van der Waals surface area (Å²) in [5.74, 6) is -1.78. The molecule has 1 heterocycles. The van der Waals surface area contributed by atoms with Crippen LogP contribution in [0.3, 0.4) is 0 Å². The standard InChI is InChI=1S/C20H18FNO5/c21-16-9-3-4-10-17(16)27-13-18(23)26-12-6-5-11-22-19(24)14-7-1-2-8-15(14)20(22)25/h1-4,7-10H,5-6,11-13H2. The van der Waals surface area contributed by atoms with E-state index >= 15 is 0 Å². The van der Waals surface area contributed by atoms with Crippen LogP contribution in [0.5, 0.6) is 5.75 Å². The smallest absolute Gasteiger partial charge is 0.344 e. The summed E-state index contributed by atoms with van der Waals surface area (Å²) < 4.78 is 23.4. The van der Waals surface area contributed by atoms with Gasteiger partial charge in [-0.2, -0.15) is 0 Å². The highest BCUT2D eigenvalue weighted by molar-refractivity contribution is 6.21. The Balaban J connectivity index is 1.35. The van der Waals surface area contributed by atoms with E-state index in [0.717, 1.165) is 0 Å². The predicted octanol–water partition coefficient (Wildman–Crippen LogP) is 2.82. The summed E-state index contributed by atoms with van der Waals surface area (Å²) in [7, 11) is 0. The highest BCUT2D eigenvalue weighted by atomic mass is 19.1. The maximum absolute atomic E-state index is 13.4. The second-order valence-electron chi connectivity index (χ2n) is 5.95. The van der Waals surface area contributed by atoms with Gasteiger partial charge in [0.05, 0.1) is 17.7 Å². The summed E-state index contributed by atoms with van der Waals surface area (Å²) >= 11 is 0. The molecule has 1 aliphatic heterocycles. The number of carbonyl (C=O) groups excluding carboxylic acids is 3. The van der Waals surface area contributed by atoms with Crippen LogP contribution in [0.1, 0.15) is 33.6 Å². The molecule has 27 heavy (non-hydrogen) atoms. The minimum Gasteiger partial charge on any atom is -0.479 e. The summed E-state index contributed by atoms with van der Waals surface area (Å²) in [6, 6.07) is 12.5. The third-order valence-electron chi connectivity index (χ3n) is 4.10. The first-order valence-corrected chi connectivity index (χ1v) is 8.56. The Morgan fingerprint density at radius 3 is 2.22 bits per heavy atom. The Hall–Kier alpha value is -3.22. The molecule has 6 nitrogen and oxygen atoms in total. The van der Waals surface area contributed by atoms with E-state index in [4.69, 9.17) is 9.47 Å². The monoisotopic (exact) mass is 371 g/mol. The van der Waals surface area contributed by atoms with Crippen LogP contribution in [0, 0.1) is 5.82 Å². The van der Waals surface area contributed by atoms with Gasteiger partial charge in [0.15, 0.2) is 18.2 Å². The fourth-order valence-electron chi connectivity index (χ4n) is 2.74. The lowest BCUT2D eigenvalue weighted by Gasteiger charge is -2.13. The number of fused-ring (bicyclic) bond motifs is 1. The SMILES string of the molecule is O=C(COc1ccccc1F)OCCCCN1C(=O)c2ccccc2C1=O. The summed E-state index contributed by atoms with van der Waals surface area (Å²) in [6.07, 6.45) is 0.992. The van der Waals surface area contributed by atoms with E-state index < -0.39 is 11.8 Å². The molecule has 0 aliphatic carbocycles. The van der Waals surface area contributed by atoms with Gasteiger partial charge in [-0.25, -0.2) is 9.18 Å². The number of imide groups is 1. The number of carbonyl (C=O) groups is 3. The van der Waals surface area contributed by atoms with E-state index in [0.29, 0.717) is 24.0 Å². The summed E-state index contributed by atoms with van der Waals surface area (Å²) in [4.78, 5) is 37.2. The number of esters is 1. The first-order chi connectivity index (χ1) is 13.1. The molecule has 2 amide bonds. The second kappa shape index (κ2) is 8.44. The van der Waals surface area contributed by atoms with E-state index in [1.165, 1.54) is 23.1 Å². The molecular formula is C20H18FNO5. The van der Waals surface area contributed by atoms with Gasteiger partial charge >= 0.3 is 5.97 Å². The maximum atomic E-state index is 13.4. The van der Waals surface area contributed by atoms with Gasteiger partial charge < -0.3 is 9.47 Å². The van der Waals surface area contributed by atoms with E-state index in [2.05, 4.69) is 0 Å². The van der Waals surface area contributed by atoms with Gasteiger partial charge in [-0.1, -0.05) is 24.3 Å². The molecule has 0 N–H and O–H groups in total. The number of ether oxygens (including phenoxy) is 2. The zero-order chi connectivity index (χ0) is 19.2. The Kier molecular flexibility index (Phi) is 5.80. The number of amides is 2. The number of unbranched alkanes of at least 4 members (excludes halogenated alkanes) is 1. The fourth-order valence-corrected chi connectivity index (χ4v) is 2.74. The summed E-state index contributed by atoms with van der Waals surface area (Å²) in [5.41, 5.74) is 0.832. The Morgan fingerprint density at radius 2 is 1.56 bits per heavy atom. The van der Waals surface area contributed by atoms with Crippen molar-refractivity contribution in [2.75, 3.05) is 19.8 Å². The molecule has 0 saturated carbocycles. The van der Waals surface area contributed by atoms with Gasteiger partial charge in [0.1, 0.15) is 0 Å². The molecule has 0 fully saturated rings. The van der Waals surface area contributed by atoms with Crippen molar-refractivity contribution in [2.45, 2.75) is 12.8 Å². The van der Waals surface area contributed by atoms with Crippen molar-refractivity contribution in [1.82, 2.24) is 4.90 Å². The number of para-hydroxylation sites is 1. The van der Waals surface area contributed by atoms with Gasteiger partial charge in [-0.3, -0.25) is 14.5 Å². The number of rotatable bonds is 8. The van der Waals surface area contributed by atoms with Crippen molar-refractivity contribution in [2.24, 2.45) is 0 Å². The fraction of sp³-hybridized carbons (Fsp3) is 0.250. The van der Waals surface area contributed by atoms with Gasteiger partial charge in [0.2, 0.25) is 0 Å². The largest absolute Gasteiger partial charge is 0.479 e. The van der Waals surface area contributed by atoms with Crippen LogP contribution >= 0.6 is 0 Å². The van der Waals surface area contributed by atoms with Crippen molar-refractivity contribution in [3.63, 3.8) is 0 Å². The van der Waals surface area contributed by atoms with Gasteiger partial charge in [0.25, 0.3) is 11.8 Å². The van der Waals surface area contributed by atoms with Crippen molar-refractivity contribution >= 4 is 17.8 Å². The maximum Gasteiger partial charge on any atom is 0.344 e. The molecule has 2 aromatic carbocycles. The van der Waals surface area contributed by atoms with Crippen LogP contribution < -0.4 is 4.74 Å². The molecule has 1 aliphatic rings. The summed E-state index contributed by atoms with van der Waals surface area (Å²) in [6.45, 7) is -0.00238. The van der Waals surface area contributed by atoms with Crippen LogP contribution in [-0.4, -0.2) is 42.4 Å². The molecule has 0 radical (unpaired) electrons. The number of hydrogen-bond acceptors (Lipinski definition) is 5. The molecule has 0 unspecified atom stereocenters. The predicted molar refractivity (Wildman–Crippen MR) is 93.9 cm³/mol. The number of nitrogens with zero attached hydrogens (tertiary/aromatic N) is 1. The quantitative estimate of drug-likeness (QED) is 0.405. The third kappa shape index (κ3) is 4.31. The number of benzene rings is 2. The molecular weight excluding hydrogens is 353 g/mol. The van der Waals surface area contributed by atoms with E-state index in [1.807, 2.05) is 0 Å². The first-order valence-electron chi connectivity index (χ1n) is 8.56. The molecule has 0 atom stereocenters. The second-order valence-corrected chi connectivity index (χ2v) is 5.95. The Morgan fingerprint density at radius 1 is 0.926 bits per heavy atom. The average molecular weight is 371 g/mol. The topological polar surface area (TPSA) is 72.9 Å². The zero-order valence-electron chi connectivity index (χ0n) is 14.5. The average Bonchev–Trinajstić information content (AvgIpc) is 2.92. The molecule has 0 bridgehead atoms. The van der Waals surface area contributed by atoms with E-state index in [9.17, 15) is 18.8 Å². The van der Waals surface area contributed by atoms with Gasteiger partial charge in [-0.05, 0) is 37.1 Å². The zero-order valence-corrected chi connectivity index (χ0v) is 14.5. The highest BCUT2D eigenvalue weighted by Crippen LogP contribution is 2.22. The van der Waals surface area contributed by atoms with Crippen LogP contribution in [0.15, 0.2) is 48.5 Å². The number of halogens is 1. The van der Waals surface area contributed by atoms with Crippen molar-refractivity contribution in [3.05, 3.63) is 65.5 Å². The Bertz CT molecular complexity index is 832. The van der Waals surface area contributed by atoms with Crippen molar-refractivity contribution in [1.29, 1.82) is 0 Å². The van der Waals surface area contributed by atoms with Gasteiger partial charge in [0, 0.05) is 6.54 Å². The lowest BCUT2D eigenvalue weighted by Crippen LogP contribution is -2.30. The van der Waals surface area contributed by atoms with Crippen molar-refractivity contribution < 1.29 is 28.2 Å². The molecule has 0 saturated heterocycles. The third-order valence-corrected chi connectivity index (χ3v) is 4.10.